The van der Waals surface area contributed by atoms with Crippen molar-refractivity contribution in [1.29, 1.82) is 0 Å². The zero-order valence-electron chi connectivity index (χ0n) is 7.00. The predicted octanol–water partition coefficient (Wildman–Crippen LogP) is 0.0595. The molecule has 1 aromatic rings. The second-order valence-electron chi connectivity index (χ2n) is 2.43. The average molecular weight is 169 g/mol. The minimum Gasteiger partial charge on any atom is -0.393 e. The molecule has 0 aromatic carbocycles. The summed E-state index contributed by atoms with van der Waals surface area (Å²) in [7, 11) is 1.54. The summed E-state index contributed by atoms with van der Waals surface area (Å²) >= 11 is 0. The molecule has 0 radical (unpaired) electrons. The summed E-state index contributed by atoms with van der Waals surface area (Å²) < 4.78 is 4.96. The van der Waals surface area contributed by atoms with Gasteiger partial charge in [0.1, 0.15) is 17.6 Å². The smallest absolute Gasteiger partial charge is 0.274 e. The molecule has 0 spiro atoms. The largest absolute Gasteiger partial charge is 0.393 e. The van der Waals surface area contributed by atoms with Gasteiger partial charge in [0, 0.05) is 7.11 Å². The van der Waals surface area contributed by atoms with Crippen molar-refractivity contribution in [2.75, 3.05) is 12.8 Å². The van der Waals surface area contributed by atoms with Crippen molar-refractivity contribution < 1.29 is 4.74 Å². The second-order valence-corrected chi connectivity index (χ2v) is 2.43. The maximum atomic E-state index is 11.0. The Labute approximate surface area is 69.6 Å². The van der Waals surface area contributed by atoms with E-state index in [9.17, 15) is 4.79 Å². The Balaban J connectivity index is 3.05. The first-order chi connectivity index (χ1) is 5.65. The van der Waals surface area contributed by atoms with Crippen LogP contribution in [0.4, 0.5) is 5.69 Å². The van der Waals surface area contributed by atoms with E-state index in [4.69, 9.17) is 10.5 Å². The number of methoxy groups -OCH3 is 1. The maximum Gasteiger partial charge on any atom is 0.274 e. The van der Waals surface area contributed by atoms with Crippen molar-refractivity contribution in [1.82, 2.24) is 9.97 Å². The van der Waals surface area contributed by atoms with E-state index in [2.05, 4.69) is 9.97 Å². The van der Waals surface area contributed by atoms with Gasteiger partial charge in [0.25, 0.3) is 5.56 Å². The summed E-state index contributed by atoms with van der Waals surface area (Å²) in [4.78, 5) is 17.4. The number of H-pyrrole nitrogens is 1. The van der Waals surface area contributed by atoms with Crippen molar-refractivity contribution in [2.24, 2.45) is 0 Å². The number of ether oxygens (including phenoxy) is 1. The number of nitrogens with one attached hydrogen (secondary N) is 1. The van der Waals surface area contributed by atoms with Gasteiger partial charge in [0.15, 0.2) is 0 Å². The number of aromatic nitrogens is 2. The van der Waals surface area contributed by atoms with Crippen molar-refractivity contribution in [3.63, 3.8) is 0 Å². The van der Waals surface area contributed by atoms with E-state index in [0.717, 1.165) is 0 Å². The summed E-state index contributed by atoms with van der Waals surface area (Å²) in [5.74, 6) is 0.483. The summed E-state index contributed by atoms with van der Waals surface area (Å²) in [5.41, 5.74) is 5.07. The summed E-state index contributed by atoms with van der Waals surface area (Å²) in [5, 5.41) is 0. The van der Waals surface area contributed by atoms with Gasteiger partial charge in [-0.05, 0) is 6.92 Å². The lowest BCUT2D eigenvalue weighted by Gasteiger charge is -2.07. The Hall–Kier alpha value is -1.36. The van der Waals surface area contributed by atoms with Gasteiger partial charge in [-0.2, -0.15) is 0 Å². The first-order valence-electron chi connectivity index (χ1n) is 3.52. The molecule has 1 heterocycles. The van der Waals surface area contributed by atoms with Crippen LogP contribution in [0.1, 0.15) is 18.9 Å². The third-order valence-electron chi connectivity index (χ3n) is 1.59. The lowest BCUT2D eigenvalue weighted by Crippen LogP contribution is -2.16. The normalized spacial score (nSPS) is 12.8. The first-order valence-corrected chi connectivity index (χ1v) is 3.52. The lowest BCUT2D eigenvalue weighted by atomic mass is 10.3. The van der Waals surface area contributed by atoms with Gasteiger partial charge in [-0.25, -0.2) is 4.98 Å². The number of nitrogens with two attached hydrogens (primary N) is 1. The quantitative estimate of drug-likeness (QED) is 0.656. The molecule has 0 bridgehead atoms. The summed E-state index contributed by atoms with van der Waals surface area (Å²) in [6.07, 6.45) is 1.10. The maximum absolute atomic E-state index is 11.0. The molecule has 1 atom stereocenters. The van der Waals surface area contributed by atoms with E-state index in [0.29, 0.717) is 5.82 Å². The molecular formula is C7H11N3O2. The molecule has 0 saturated carbocycles. The highest BCUT2D eigenvalue weighted by molar-refractivity contribution is 5.30. The molecular weight excluding hydrogens is 158 g/mol. The van der Waals surface area contributed by atoms with Gasteiger partial charge in [0.05, 0.1) is 6.20 Å². The number of aromatic amines is 1. The van der Waals surface area contributed by atoms with Crippen LogP contribution in [0.25, 0.3) is 0 Å². The highest BCUT2D eigenvalue weighted by Crippen LogP contribution is 2.07. The Morgan fingerprint density at radius 3 is 2.92 bits per heavy atom. The van der Waals surface area contributed by atoms with Gasteiger partial charge in [0.2, 0.25) is 0 Å². The number of hydrogen-bond acceptors (Lipinski definition) is 4. The third kappa shape index (κ3) is 1.62. The van der Waals surface area contributed by atoms with Crippen LogP contribution in [-0.2, 0) is 4.74 Å². The van der Waals surface area contributed by atoms with Crippen LogP contribution >= 0.6 is 0 Å². The topological polar surface area (TPSA) is 81.0 Å². The van der Waals surface area contributed by atoms with Gasteiger partial charge < -0.3 is 15.5 Å². The van der Waals surface area contributed by atoms with Gasteiger partial charge in [-0.3, -0.25) is 4.79 Å². The van der Waals surface area contributed by atoms with Crippen LogP contribution in [0.3, 0.4) is 0 Å². The molecule has 0 aliphatic rings. The van der Waals surface area contributed by atoms with Crippen LogP contribution in [-0.4, -0.2) is 17.1 Å². The molecule has 0 aliphatic heterocycles. The van der Waals surface area contributed by atoms with Gasteiger partial charge in [-0.15, -0.1) is 0 Å². The van der Waals surface area contributed by atoms with Crippen molar-refractivity contribution >= 4 is 5.69 Å². The molecule has 5 heteroatoms. The van der Waals surface area contributed by atoms with E-state index in [1.807, 2.05) is 0 Å². The van der Waals surface area contributed by atoms with Crippen LogP contribution in [0.15, 0.2) is 11.0 Å². The zero-order valence-corrected chi connectivity index (χ0v) is 7.00. The number of hydrogen-bond donors (Lipinski definition) is 2. The molecule has 0 saturated heterocycles. The monoisotopic (exact) mass is 169 g/mol. The van der Waals surface area contributed by atoms with E-state index in [1.54, 1.807) is 14.0 Å². The molecule has 1 aromatic heterocycles. The third-order valence-corrected chi connectivity index (χ3v) is 1.59. The highest BCUT2D eigenvalue weighted by Gasteiger charge is 2.06. The lowest BCUT2D eigenvalue weighted by molar-refractivity contribution is 0.112. The Bertz CT molecular complexity index is 321. The number of rotatable bonds is 2. The number of anilines is 1. The Morgan fingerprint density at radius 2 is 2.42 bits per heavy atom. The van der Waals surface area contributed by atoms with Crippen LogP contribution in [0, 0.1) is 0 Å². The Kier molecular flexibility index (Phi) is 2.44. The zero-order chi connectivity index (χ0) is 9.14. The average Bonchev–Trinajstić information content (AvgIpc) is 2.08. The fourth-order valence-corrected chi connectivity index (χ4v) is 0.737. The first kappa shape index (κ1) is 8.73. The molecule has 0 amide bonds. The van der Waals surface area contributed by atoms with Gasteiger partial charge in [-0.1, -0.05) is 0 Å². The molecule has 1 unspecified atom stereocenters. The second kappa shape index (κ2) is 3.36. The van der Waals surface area contributed by atoms with Crippen molar-refractivity contribution in [3.05, 3.63) is 22.4 Å². The molecule has 66 valence electrons. The fraction of sp³-hybridized carbons (Fsp3) is 0.429. The van der Waals surface area contributed by atoms with Crippen LogP contribution < -0.4 is 11.3 Å². The van der Waals surface area contributed by atoms with E-state index in [-0.39, 0.29) is 17.4 Å². The molecule has 0 fully saturated rings. The minimum atomic E-state index is -0.330. The fourth-order valence-electron chi connectivity index (χ4n) is 0.737. The molecule has 12 heavy (non-hydrogen) atoms. The van der Waals surface area contributed by atoms with E-state index < -0.39 is 0 Å². The van der Waals surface area contributed by atoms with Crippen LogP contribution in [0.5, 0.6) is 0 Å². The SMILES string of the molecule is COC(C)c1ncc(N)c(=O)[nH]1. The summed E-state index contributed by atoms with van der Waals surface area (Å²) in [6, 6.07) is 0. The minimum absolute atomic E-state index is 0.113. The number of nitrogens with zero attached hydrogens (tertiary/aromatic N) is 1. The molecule has 1 rings (SSSR count). The standard InChI is InChI=1S/C7H11N3O2/c1-4(12-2)6-9-3-5(8)7(11)10-6/h3-4H,8H2,1-2H3,(H,9,10,11). The van der Waals surface area contributed by atoms with Crippen LogP contribution in [0.2, 0.25) is 0 Å². The van der Waals surface area contributed by atoms with Crippen molar-refractivity contribution in [2.45, 2.75) is 13.0 Å². The number of nitrogen functional groups attached to an aromatic ring is 1. The van der Waals surface area contributed by atoms with Crippen molar-refractivity contribution in [3.8, 4) is 0 Å². The highest BCUT2D eigenvalue weighted by atomic mass is 16.5. The molecule has 5 nitrogen and oxygen atoms in total. The van der Waals surface area contributed by atoms with E-state index >= 15 is 0 Å². The van der Waals surface area contributed by atoms with E-state index in [1.165, 1.54) is 6.20 Å². The van der Waals surface area contributed by atoms with Gasteiger partial charge >= 0.3 is 0 Å². The Morgan fingerprint density at radius 1 is 1.75 bits per heavy atom. The molecule has 0 aliphatic carbocycles. The predicted molar refractivity (Wildman–Crippen MR) is 44.7 cm³/mol. The molecule has 3 N–H and O–H groups in total. The summed E-state index contributed by atoms with van der Waals surface area (Å²) in [6.45, 7) is 1.79.